The Labute approximate surface area is 110 Å². The van der Waals surface area contributed by atoms with Crippen LogP contribution in [-0.4, -0.2) is 31.6 Å². The van der Waals surface area contributed by atoms with Crippen molar-refractivity contribution in [3.63, 3.8) is 0 Å². The number of hydrogen-bond donors (Lipinski definition) is 2. The molecule has 1 heterocycles. The number of oxime groups is 1. The molecule has 1 aromatic heterocycles. The summed E-state index contributed by atoms with van der Waals surface area (Å²) >= 11 is 1.64. The fourth-order valence-corrected chi connectivity index (χ4v) is 2.95. The van der Waals surface area contributed by atoms with Crippen LogP contribution in [0.2, 0.25) is 0 Å². The van der Waals surface area contributed by atoms with Crippen molar-refractivity contribution in [1.29, 1.82) is 0 Å². The fraction of sp³-hybridized carbons (Fsp3) is 0.727. The van der Waals surface area contributed by atoms with Gasteiger partial charge in [0.05, 0.1) is 0 Å². The fourth-order valence-electron chi connectivity index (χ4n) is 1.98. The van der Waals surface area contributed by atoms with Crippen LogP contribution in [0.4, 0.5) is 0 Å². The molecule has 18 heavy (non-hydrogen) atoms. The zero-order valence-electron chi connectivity index (χ0n) is 10.1. The molecule has 2 aliphatic carbocycles. The highest BCUT2D eigenvalue weighted by Gasteiger charge is 2.36. The number of hydrogen-bond acceptors (Lipinski definition) is 5. The lowest BCUT2D eigenvalue weighted by Crippen LogP contribution is -2.12. The number of rotatable bonds is 6. The molecule has 0 saturated heterocycles. The Morgan fingerprint density at radius 1 is 1.39 bits per heavy atom. The van der Waals surface area contributed by atoms with Crippen LogP contribution in [0.25, 0.3) is 0 Å². The maximum atomic E-state index is 8.49. The first-order valence-corrected chi connectivity index (χ1v) is 7.32. The van der Waals surface area contributed by atoms with Crippen molar-refractivity contribution in [1.82, 2.24) is 14.8 Å². The molecule has 0 radical (unpaired) electrons. The Morgan fingerprint density at radius 2 is 2.17 bits per heavy atom. The number of amidine groups is 1. The van der Waals surface area contributed by atoms with Gasteiger partial charge in [-0.05, 0) is 25.7 Å². The highest BCUT2D eigenvalue weighted by Crippen LogP contribution is 2.45. The van der Waals surface area contributed by atoms with E-state index in [9.17, 15) is 0 Å². The van der Waals surface area contributed by atoms with Gasteiger partial charge in [0.15, 0.2) is 5.16 Å². The predicted octanol–water partition coefficient (Wildman–Crippen LogP) is 1.72. The van der Waals surface area contributed by atoms with E-state index in [-0.39, 0.29) is 5.84 Å². The van der Waals surface area contributed by atoms with E-state index in [0.29, 0.717) is 18.4 Å². The van der Waals surface area contributed by atoms with Gasteiger partial charge >= 0.3 is 0 Å². The minimum Gasteiger partial charge on any atom is -0.409 e. The average molecular weight is 267 g/mol. The monoisotopic (exact) mass is 267 g/mol. The summed E-state index contributed by atoms with van der Waals surface area (Å²) in [6.07, 6.45) is 5.55. The molecule has 0 aliphatic heterocycles. The Bertz CT molecular complexity index is 464. The zero-order valence-corrected chi connectivity index (χ0v) is 10.9. The lowest BCUT2D eigenvalue weighted by Gasteiger charge is -2.07. The first-order chi connectivity index (χ1) is 8.79. The normalized spacial score (nSPS) is 20.3. The number of nitrogens with zero attached hydrogens (tertiary/aromatic N) is 4. The van der Waals surface area contributed by atoms with Gasteiger partial charge in [0.1, 0.15) is 11.7 Å². The Hall–Kier alpha value is -1.24. The molecular weight excluding hydrogens is 250 g/mol. The van der Waals surface area contributed by atoms with Crippen molar-refractivity contribution in [3.8, 4) is 0 Å². The second kappa shape index (κ2) is 4.79. The second-order valence-electron chi connectivity index (χ2n) is 4.91. The highest BCUT2D eigenvalue weighted by atomic mass is 32.2. The molecule has 6 nitrogen and oxygen atoms in total. The first kappa shape index (κ1) is 11.8. The lowest BCUT2D eigenvalue weighted by molar-refractivity contribution is 0.317. The standard InChI is InChI=1S/C11H17N5OS/c12-9(15-17)5-6-18-11-14-13-10(7-1-2-7)16(11)8-3-4-8/h7-8,17H,1-6H2,(H2,12,15). The van der Waals surface area contributed by atoms with Crippen LogP contribution in [0.1, 0.15) is 49.9 Å². The van der Waals surface area contributed by atoms with E-state index in [0.717, 1.165) is 10.9 Å². The van der Waals surface area contributed by atoms with Crippen molar-refractivity contribution in [2.75, 3.05) is 5.75 Å². The van der Waals surface area contributed by atoms with Gasteiger partial charge in [-0.2, -0.15) is 0 Å². The molecule has 3 rings (SSSR count). The van der Waals surface area contributed by atoms with E-state index in [1.165, 1.54) is 31.5 Å². The van der Waals surface area contributed by atoms with Gasteiger partial charge in [-0.3, -0.25) is 0 Å². The van der Waals surface area contributed by atoms with Gasteiger partial charge in [-0.1, -0.05) is 16.9 Å². The van der Waals surface area contributed by atoms with Gasteiger partial charge < -0.3 is 15.5 Å². The summed E-state index contributed by atoms with van der Waals surface area (Å²) in [5.41, 5.74) is 5.45. The van der Waals surface area contributed by atoms with Gasteiger partial charge in [0, 0.05) is 24.1 Å². The van der Waals surface area contributed by atoms with E-state index in [4.69, 9.17) is 10.9 Å². The summed E-state index contributed by atoms with van der Waals surface area (Å²) in [4.78, 5) is 0. The Kier molecular flexibility index (Phi) is 3.15. The van der Waals surface area contributed by atoms with Crippen LogP contribution < -0.4 is 5.73 Å². The van der Waals surface area contributed by atoms with Gasteiger partial charge in [-0.15, -0.1) is 10.2 Å². The SMILES string of the molecule is N/C(CCSc1nnc(C2CC2)n1C1CC1)=N\O. The molecule has 7 heteroatoms. The third-order valence-electron chi connectivity index (χ3n) is 3.26. The summed E-state index contributed by atoms with van der Waals surface area (Å²) in [5.74, 6) is 2.84. The maximum Gasteiger partial charge on any atom is 0.191 e. The Balaban J connectivity index is 1.67. The molecule has 2 saturated carbocycles. The molecule has 0 bridgehead atoms. The van der Waals surface area contributed by atoms with Gasteiger partial charge in [-0.25, -0.2) is 0 Å². The molecule has 0 aromatic carbocycles. The quantitative estimate of drug-likeness (QED) is 0.269. The first-order valence-electron chi connectivity index (χ1n) is 6.33. The summed E-state index contributed by atoms with van der Waals surface area (Å²) in [6, 6.07) is 0.613. The van der Waals surface area contributed by atoms with Crippen LogP contribution in [0.15, 0.2) is 10.3 Å². The van der Waals surface area contributed by atoms with Crippen molar-refractivity contribution in [2.45, 2.75) is 49.2 Å². The van der Waals surface area contributed by atoms with Crippen LogP contribution in [-0.2, 0) is 0 Å². The van der Waals surface area contributed by atoms with Crippen LogP contribution in [0.5, 0.6) is 0 Å². The number of aromatic nitrogens is 3. The van der Waals surface area contributed by atoms with Crippen LogP contribution in [0.3, 0.4) is 0 Å². The second-order valence-corrected chi connectivity index (χ2v) is 5.97. The van der Waals surface area contributed by atoms with Crippen molar-refractivity contribution in [2.24, 2.45) is 10.9 Å². The third kappa shape index (κ3) is 2.45. The molecule has 0 unspecified atom stereocenters. The lowest BCUT2D eigenvalue weighted by atomic mass is 10.4. The topological polar surface area (TPSA) is 89.3 Å². The van der Waals surface area contributed by atoms with Gasteiger partial charge in [0.25, 0.3) is 0 Å². The van der Waals surface area contributed by atoms with Crippen LogP contribution in [0, 0.1) is 0 Å². The third-order valence-corrected chi connectivity index (χ3v) is 4.21. The summed E-state index contributed by atoms with van der Waals surface area (Å²) in [5, 5.41) is 21.1. The maximum absolute atomic E-state index is 8.49. The highest BCUT2D eigenvalue weighted by molar-refractivity contribution is 7.99. The van der Waals surface area contributed by atoms with Crippen LogP contribution >= 0.6 is 11.8 Å². The molecule has 3 N–H and O–H groups in total. The summed E-state index contributed by atoms with van der Waals surface area (Å²) < 4.78 is 2.31. The molecule has 0 atom stereocenters. The largest absolute Gasteiger partial charge is 0.409 e. The molecule has 0 amide bonds. The van der Waals surface area contributed by atoms with Crippen molar-refractivity contribution in [3.05, 3.63) is 5.82 Å². The van der Waals surface area contributed by atoms with E-state index < -0.39 is 0 Å². The molecular formula is C11H17N5OS. The minimum absolute atomic E-state index is 0.266. The molecule has 98 valence electrons. The van der Waals surface area contributed by atoms with E-state index >= 15 is 0 Å². The molecule has 0 spiro atoms. The minimum atomic E-state index is 0.266. The number of nitrogens with two attached hydrogens (primary N) is 1. The van der Waals surface area contributed by atoms with Crippen molar-refractivity contribution < 1.29 is 5.21 Å². The number of thioether (sulfide) groups is 1. The van der Waals surface area contributed by atoms with Gasteiger partial charge in [0.2, 0.25) is 0 Å². The molecule has 2 fully saturated rings. The molecule has 1 aromatic rings. The Morgan fingerprint density at radius 3 is 2.78 bits per heavy atom. The zero-order chi connectivity index (χ0) is 12.5. The summed E-state index contributed by atoms with van der Waals surface area (Å²) in [6.45, 7) is 0. The predicted molar refractivity (Wildman–Crippen MR) is 69.0 cm³/mol. The van der Waals surface area contributed by atoms with E-state index in [1.54, 1.807) is 11.8 Å². The summed E-state index contributed by atoms with van der Waals surface area (Å²) in [7, 11) is 0. The smallest absolute Gasteiger partial charge is 0.191 e. The van der Waals surface area contributed by atoms with E-state index in [1.807, 2.05) is 0 Å². The molecule has 2 aliphatic rings. The van der Waals surface area contributed by atoms with E-state index in [2.05, 4.69) is 19.9 Å². The van der Waals surface area contributed by atoms with Crippen molar-refractivity contribution >= 4 is 17.6 Å². The average Bonchev–Trinajstić information content (AvgIpc) is 3.28.